The van der Waals surface area contributed by atoms with Gasteiger partial charge in [0.2, 0.25) is 0 Å². The molecule has 1 N–H and O–H groups in total. The molecule has 1 aliphatic rings. The number of hydrogen-bond acceptors (Lipinski definition) is 2. The van der Waals surface area contributed by atoms with Crippen molar-refractivity contribution in [2.75, 3.05) is 19.6 Å². The molecule has 0 saturated carbocycles. The van der Waals surface area contributed by atoms with Crippen LogP contribution in [0.2, 0.25) is 0 Å². The molecular formula is C9H15F2NO2. The average molecular weight is 207 g/mol. The van der Waals surface area contributed by atoms with Gasteiger partial charge < -0.3 is 5.11 Å². The molecule has 0 radical (unpaired) electrons. The Balaban J connectivity index is 2.06. The molecule has 82 valence electrons. The van der Waals surface area contributed by atoms with Crippen molar-refractivity contribution < 1.29 is 18.7 Å². The maximum absolute atomic E-state index is 12.7. The number of unbranched alkanes of at least 4 members (excludes halogenated alkanes) is 1. The summed E-state index contributed by atoms with van der Waals surface area (Å²) in [6.45, 7) is 0.886. The molecule has 14 heavy (non-hydrogen) atoms. The van der Waals surface area contributed by atoms with Gasteiger partial charge in [-0.05, 0) is 19.4 Å². The summed E-state index contributed by atoms with van der Waals surface area (Å²) in [7, 11) is 0. The molecule has 0 unspecified atom stereocenters. The van der Waals surface area contributed by atoms with Crippen LogP contribution in [0.4, 0.5) is 8.78 Å². The molecule has 0 aromatic heterocycles. The zero-order valence-corrected chi connectivity index (χ0v) is 7.96. The quantitative estimate of drug-likeness (QED) is 0.689. The molecule has 2 atom stereocenters. The van der Waals surface area contributed by atoms with Gasteiger partial charge in [-0.15, -0.1) is 0 Å². The van der Waals surface area contributed by atoms with E-state index in [1.807, 2.05) is 0 Å². The summed E-state index contributed by atoms with van der Waals surface area (Å²) in [5.41, 5.74) is 0. The van der Waals surface area contributed by atoms with Gasteiger partial charge in [-0.3, -0.25) is 9.69 Å². The number of carboxylic acids is 1. The summed E-state index contributed by atoms with van der Waals surface area (Å²) in [6, 6.07) is 0. The smallest absolute Gasteiger partial charge is 0.303 e. The van der Waals surface area contributed by atoms with Gasteiger partial charge in [0.25, 0.3) is 0 Å². The summed E-state index contributed by atoms with van der Waals surface area (Å²) in [4.78, 5) is 11.9. The summed E-state index contributed by atoms with van der Waals surface area (Å²) in [5, 5.41) is 8.36. The summed E-state index contributed by atoms with van der Waals surface area (Å²) in [5.74, 6) is -0.821. The number of hydrogen-bond donors (Lipinski definition) is 1. The fraction of sp³-hybridized carbons (Fsp3) is 0.889. The van der Waals surface area contributed by atoms with E-state index in [4.69, 9.17) is 5.11 Å². The second-order valence-electron chi connectivity index (χ2n) is 3.64. The number of carboxylic acid groups (broad SMARTS) is 1. The van der Waals surface area contributed by atoms with E-state index in [9.17, 15) is 13.6 Å². The summed E-state index contributed by atoms with van der Waals surface area (Å²) in [6.07, 6.45) is -1.35. The molecule has 0 amide bonds. The fourth-order valence-electron chi connectivity index (χ4n) is 1.59. The second-order valence-corrected chi connectivity index (χ2v) is 3.64. The highest BCUT2D eigenvalue weighted by Crippen LogP contribution is 2.16. The fourth-order valence-corrected chi connectivity index (χ4v) is 1.59. The molecule has 0 spiro atoms. The third kappa shape index (κ3) is 3.57. The number of nitrogens with zero attached hydrogens (tertiary/aromatic N) is 1. The lowest BCUT2D eigenvalue weighted by Gasteiger charge is -2.12. The Labute approximate surface area is 81.7 Å². The Kier molecular flexibility index (Phi) is 4.25. The van der Waals surface area contributed by atoms with Crippen LogP contribution in [0, 0.1) is 0 Å². The van der Waals surface area contributed by atoms with E-state index < -0.39 is 18.3 Å². The van der Waals surface area contributed by atoms with Crippen LogP contribution in [0.3, 0.4) is 0 Å². The van der Waals surface area contributed by atoms with Crippen molar-refractivity contribution in [3.8, 4) is 0 Å². The molecule has 1 heterocycles. The van der Waals surface area contributed by atoms with E-state index >= 15 is 0 Å². The van der Waals surface area contributed by atoms with Gasteiger partial charge in [-0.2, -0.15) is 0 Å². The van der Waals surface area contributed by atoms with Gasteiger partial charge in [-0.1, -0.05) is 0 Å². The number of rotatable bonds is 5. The van der Waals surface area contributed by atoms with Crippen molar-refractivity contribution in [2.24, 2.45) is 0 Å². The van der Waals surface area contributed by atoms with Crippen molar-refractivity contribution in [2.45, 2.75) is 31.6 Å². The zero-order valence-electron chi connectivity index (χ0n) is 7.96. The molecule has 0 aromatic carbocycles. The van der Waals surface area contributed by atoms with Crippen LogP contribution in [-0.4, -0.2) is 48.0 Å². The molecule has 1 rings (SSSR count). The molecule has 0 aliphatic carbocycles. The summed E-state index contributed by atoms with van der Waals surface area (Å²) < 4.78 is 25.4. The second kappa shape index (κ2) is 5.24. The van der Waals surface area contributed by atoms with Gasteiger partial charge in [0.05, 0.1) is 0 Å². The van der Waals surface area contributed by atoms with E-state index in [0.29, 0.717) is 19.4 Å². The predicted molar refractivity (Wildman–Crippen MR) is 47.7 cm³/mol. The molecular weight excluding hydrogens is 192 g/mol. The lowest BCUT2D eigenvalue weighted by molar-refractivity contribution is -0.137. The maximum atomic E-state index is 12.7. The zero-order chi connectivity index (χ0) is 10.6. The number of likely N-dealkylation sites (tertiary alicyclic amines) is 1. The minimum Gasteiger partial charge on any atom is -0.481 e. The van der Waals surface area contributed by atoms with Crippen LogP contribution < -0.4 is 0 Å². The van der Waals surface area contributed by atoms with Crippen molar-refractivity contribution in [1.82, 2.24) is 4.90 Å². The predicted octanol–water partition coefficient (Wildman–Crippen LogP) is 1.23. The van der Waals surface area contributed by atoms with Gasteiger partial charge in [0.1, 0.15) is 12.3 Å². The van der Waals surface area contributed by atoms with E-state index in [-0.39, 0.29) is 19.5 Å². The van der Waals surface area contributed by atoms with Gasteiger partial charge in [0, 0.05) is 19.5 Å². The van der Waals surface area contributed by atoms with Crippen molar-refractivity contribution in [3.05, 3.63) is 0 Å². The van der Waals surface area contributed by atoms with Crippen LogP contribution in [0.1, 0.15) is 19.3 Å². The van der Waals surface area contributed by atoms with Crippen LogP contribution in [0.5, 0.6) is 0 Å². The molecule has 0 aromatic rings. The highest BCUT2D eigenvalue weighted by Gasteiger charge is 2.32. The first-order valence-electron chi connectivity index (χ1n) is 4.82. The monoisotopic (exact) mass is 207 g/mol. The van der Waals surface area contributed by atoms with Crippen LogP contribution in [-0.2, 0) is 4.79 Å². The topological polar surface area (TPSA) is 40.5 Å². The van der Waals surface area contributed by atoms with Gasteiger partial charge in [-0.25, -0.2) is 8.78 Å². The average Bonchev–Trinajstić information content (AvgIpc) is 2.40. The largest absolute Gasteiger partial charge is 0.481 e. The Hall–Kier alpha value is -0.710. The Morgan fingerprint density at radius 1 is 1.29 bits per heavy atom. The van der Waals surface area contributed by atoms with Gasteiger partial charge in [0.15, 0.2) is 0 Å². The minimum absolute atomic E-state index is 0.131. The SMILES string of the molecule is O=C(O)CCCCN1C[C@@H](F)[C@H](F)C1. The van der Waals surface area contributed by atoms with Crippen LogP contribution >= 0.6 is 0 Å². The first kappa shape index (κ1) is 11.4. The standard InChI is InChI=1S/C9H15F2NO2/c10-7-5-12(6-8(7)11)4-2-1-3-9(13)14/h7-8H,1-6H2,(H,13,14)/t7-,8-/m1/s1. The highest BCUT2D eigenvalue weighted by atomic mass is 19.2. The van der Waals surface area contributed by atoms with Gasteiger partial charge >= 0.3 is 5.97 Å². The number of halogens is 2. The molecule has 5 heteroatoms. The normalized spacial score (nSPS) is 28.1. The third-order valence-corrected chi connectivity index (χ3v) is 2.37. The number of aliphatic carboxylic acids is 1. The molecule has 3 nitrogen and oxygen atoms in total. The molecule has 1 aliphatic heterocycles. The Morgan fingerprint density at radius 3 is 2.36 bits per heavy atom. The number of carbonyl (C=O) groups is 1. The van der Waals surface area contributed by atoms with Crippen LogP contribution in [0.15, 0.2) is 0 Å². The maximum Gasteiger partial charge on any atom is 0.303 e. The lowest BCUT2D eigenvalue weighted by Crippen LogP contribution is -2.22. The van der Waals surface area contributed by atoms with E-state index in [1.54, 1.807) is 4.90 Å². The Bertz CT molecular complexity index is 191. The minimum atomic E-state index is -1.37. The molecule has 1 fully saturated rings. The first-order chi connectivity index (χ1) is 6.59. The first-order valence-corrected chi connectivity index (χ1v) is 4.82. The van der Waals surface area contributed by atoms with E-state index in [0.717, 1.165) is 0 Å². The van der Waals surface area contributed by atoms with E-state index in [1.165, 1.54) is 0 Å². The molecule has 1 saturated heterocycles. The van der Waals surface area contributed by atoms with Crippen molar-refractivity contribution in [3.63, 3.8) is 0 Å². The lowest BCUT2D eigenvalue weighted by atomic mass is 10.2. The number of alkyl halides is 2. The van der Waals surface area contributed by atoms with Crippen molar-refractivity contribution in [1.29, 1.82) is 0 Å². The van der Waals surface area contributed by atoms with Crippen LogP contribution in [0.25, 0.3) is 0 Å². The third-order valence-electron chi connectivity index (χ3n) is 2.37. The highest BCUT2D eigenvalue weighted by molar-refractivity contribution is 5.66. The van der Waals surface area contributed by atoms with Crippen molar-refractivity contribution >= 4 is 5.97 Å². The van der Waals surface area contributed by atoms with E-state index in [2.05, 4.69) is 0 Å². The molecule has 0 bridgehead atoms. The summed E-state index contributed by atoms with van der Waals surface area (Å²) >= 11 is 0. The Morgan fingerprint density at radius 2 is 1.86 bits per heavy atom.